The van der Waals surface area contributed by atoms with E-state index in [1.54, 1.807) is 16.9 Å². The van der Waals surface area contributed by atoms with Crippen LogP contribution in [0.15, 0.2) is 24.4 Å². The largest absolute Gasteiger partial charge is 0.369 e. The SMILES string of the molecule is Cc1ccc(C)n1-c1nnc(-n2nccc2CC(N)=O)s1. The lowest BCUT2D eigenvalue weighted by atomic mass is 10.3. The van der Waals surface area contributed by atoms with Crippen LogP contribution in [0.2, 0.25) is 0 Å². The van der Waals surface area contributed by atoms with Crippen molar-refractivity contribution in [3.63, 3.8) is 0 Å². The zero-order valence-electron chi connectivity index (χ0n) is 11.6. The first kappa shape index (κ1) is 13.5. The molecule has 0 aliphatic rings. The summed E-state index contributed by atoms with van der Waals surface area (Å²) in [6.45, 7) is 4.03. The zero-order valence-corrected chi connectivity index (χ0v) is 12.5. The summed E-state index contributed by atoms with van der Waals surface area (Å²) >= 11 is 1.41. The van der Waals surface area contributed by atoms with E-state index in [4.69, 9.17) is 5.73 Å². The molecular formula is C13H14N6OS. The molecule has 2 N–H and O–H groups in total. The molecule has 7 nitrogen and oxygen atoms in total. The summed E-state index contributed by atoms with van der Waals surface area (Å²) in [5.74, 6) is -0.404. The maximum absolute atomic E-state index is 11.1. The van der Waals surface area contributed by atoms with Gasteiger partial charge in [0.1, 0.15) is 0 Å². The van der Waals surface area contributed by atoms with Gasteiger partial charge in [0.05, 0.1) is 12.1 Å². The maximum Gasteiger partial charge on any atom is 0.234 e. The lowest BCUT2D eigenvalue weighted by Crippen LogP contribution is -2.16. The minimum Gasteiger partial charge on any atom is -0.369 e. The van der Waals surface area contributed by atoms with Gasteiger partial charge in [-0.1, -0.05) is 11.3 Å². The third kappa shape index (κ3) is 2.45. The number of nitrogens with zero attached hydrogens (tertiary/aromatic N) is 5. The number of primary amides is 1. The molecule has 0 unspecified atom stereocenters. The Morgan fingerprint density at radius 3 is 2.52 bits per heavy atom. The molecule has 0 aliphatic carbocycles. The third-order valence-electron chi connectivity index (χ3n) is 3.12. The average molecular weight is 302 g/mol. The van der Waals surface area contributed by atoms with Crippen LogP contribution in [0, 0.1) is 13.8 Å². The highest BCUT2D eigenvalue weighted by Gasteiger charge is 2.14. The number of hydrogen-bond donors (Lipinski definition) is 1. The van der Waals surface area contributed by atoms with Crippen molar-refractivity contribution in [2.24, 2.45) is 5.73 Å². The second-order valence-electron chi connectivity index (χ2n) is 4.70. The van der Waals surface area contributed by atoms with Gasteiger partial charge >= 0.3 is 0 Å². The van der Waals surface area contributed by atoms with Crippen LogP contribution in [0.3, 0.4) is 0 Å². The molecule has 3 rings (SSSR count). The molecule has 0 saturated carbocycles. The molecule has 0 bridgehead atoms. The van der Waals surface area contributed by atoms with Gasteiger partial charge in [-0.2, -0.15) is 5.10 Å². The van der Waals surface area contributed by atoms with Crippen LogP contribution < -0.4 is 5.73 Å². The molecule has 3 aromatic rings. The molecular weight excluding hydrogens is 288 g/mol. The van der Waals surface area contributed by atoms with E-state index in [-0.39, 0.29) is 6.42 Å². The summed E-state index contributed by atoms with van der Waals surface area (Å²) in [5, 5.41) is 13.9. The molecule has 21 heavy (non-hydrogen) atoms. The number of hydrogen-bond acceptors (Lipinski definition) is 5. The van der Waals surface area contributed by atoms with E-state index < -0.39 is 5.91 Å². The Balaban J connectivity index is 2.00. The normalized spacial score (nSPS) is 11.0. The quantitative estimate of drug-likeness (QED) is 0.782. The smallest absolute Gasteiger partial charge is 0.234 e. The first-order valence-corrected chi connectivity index (χ1v) is 7.18. The highest BCUT2D eigenvalue weighted by molar-refractivity contribution is 7.16. The summed E-state index contributed by atoms with van der Waals surface area (Å²) in [4.78, 5) is 11.1. The van der Waals surface area contributed by atoms with E-state index in [1.807, 2.05) is 30.5 Å². The van der Waals surface area contributed by atoms with Crippen LogP contribution in [0.25, 0.3) is 10.3 Å². The molecule has 0 atom stereocenters. The van der Waals surface area contributed by atoms with Crippen LogP contribution in [-0.2, 0) is 11.2 Å². The topological polar surface area (TPSA) is 91.6 Å². The fourth-order valence-corrected chi connectivity index (χ4v) is 3.13. The van der Waals surface area contributed by atoms with Crippen molar-refractivity contribution in [1.82, 2.24) is 24.5 Å². The molecule has 0 fully saturated rings. The van der Waals surface area contributed by atoms with Gasteiger partial charge in [-0.25, -0.2) is 4.68 Å². The molecule has 0 radical (unpaired) electrons. The van der Waals surface area contributed by atoms with Crippen molar-refractivity contribution < 1.29 is 4.79 Å². The predicted molar refractivity (Wildman–Crippen MR) is 78.7 cm³/mol. The van der Waals surface area contributed by atoms with E-state index in [1.165, 1.54) is 11.3 Å². The first-order valence-electron chi connectivity index (χ1n) is 6.36. The molecule has 8 heteroatoms. The third-order valence-corrected chi connectivity index (χ3v) is 4.01. The monoisotopic (exact) mass is 302 g/mol. The van der Waals surface area contributed by atoms with Crippen LogP contribution >= 0.6 is 11.3 Å². The number of aromatic nitrogens is 5. The molecule has 0 spiro atoms. The lowest BCUT2D eigenvalue weighted by Gasteiger charge is -2.03. The maximum atomic E-state index is 11.1. The summed E-state index contributed by atoms with van der Waals surface area (Å²) in [6, 6.07) is 5.81. The van der Waals surface area contributed by atoms with Gasteiger partial charge in [-0.05, 0) is 32.0 Å². The van der Waals surface area contributed by atoms with E-state index in [2.05, 4.69) is 15.3 Å². The fourth-order valence-electron chi connectivity index (χ4n) is 2.17. The second kappa shape index (κ2) is 5.13. The molecule has 108 valence electrons. The number of nitrogens with two attached hydrogens (primary N) is 1. The predicted octanol–water partition coefficient (Wildman–Crippen LogP) is 1.16. The van der Waals surface area contributed by atoms with Crippen molar-refractivity contribution in [2.45, 2.75) is 20.3 Å². The molecule has 0 aliphatic heterocycles. The van der Waals surface area contributed by atoms with Gasteiger partial charge in [0.15, 0.2) is 0 Å². The Morgan fingerprint density at radius 1 is 1.19 bits per heavy atom. The number of carbonyl (C=O) groups is 1. The Labute approximate surface area is 125 Å². The van der Waals surface area contributed by atoms with Crippen LogP contribution in [0.5, 0.6) is 0 Å². The Morgan fingerprint density at radius 2 is 1.86 bits per heavy atom. The Hall–Kier alpha value is -2.48. The first-order chi connectivity index (χ1) is 10.1. The van der Waals surface area contributed by atoms with Crippen molar-refractivity contribution >= 4 is 17.2 Å². The van der Waals surface area contributed by atoms with Gasteiger partial charge in [-0.15, -0.1) is 10.2 Å². The number of rotatable bonds is 4. The Kier molecular flexibility index (Phi) is 3.30. The van der Waals surface area contributed by atoms with E-state index >= 15 is 0 Å². The molecule has 0 saturated heterocycles. The standard InChI is InChI=1S/C13H14N6OS/c1-8-3-4-9(2)18(8)12-16-17-13(21-12)19-10(5-6-15-19)7-11(14)20/h3-6H,7H2,1-2H3,(H2,14,20). The minimum absolute atomic E-state index is 0.122. The molecule has 3 aromatic heterocycles. The van der Waals surface area contributed by atoms with Gasteiger partial charge in [0.25, 0.3) is 0 Å². The summed E-state index contributed by atoms with van der Waals surface area (Å²) < 4.78 is 3.62. The minimum atomic E-state index is -0.404. The van der Waals surface area contributed by atoms with Crippen LogP contribution in [-0.4, -0.2) is 30.5 Å². The summed E-state index contributed by atoms with van der Waals surface area (Å²) in [5.41, 5.74) is 8.12. The van der Waals surface area contributed by atoms with E-state index in [0.29, 0.717) is 10.8 Å². The van der Waals surface area contributed by atoms with Gasteiger partial charge in [0, 0.05) is 17.6 Å². The second-order valence-corrected chi connectivity index (χ2v) is 5.63. The van der Waals surface area contributed by atoms with Crippen molar-refractivity contribution in [3.05, 3.63) is 41.5 Å². The van der Waals surface area contributed by atoms with Crippen LogP contribution in [0.4, 0.5) is 0 Å². The number of aryl methyl sites for hydroxylation is 2. The molecule has 3 heterocycles. The fraction of sp³-hybridized carbons (Fsp3) is 0.231. The number of carbonyl (C=O) groups excluding carboxylic acids is 1. The molecule has 1 amide bonds. The average Bonchev–Trinajstić information content (AvgIpc) is 3.10. The van der Waals surface area contributed by atoms with Gasteiger partial charge in [-0.3, -0.25) is 9.36 Å². The van der Waals surface area contributed by atoms with Gasteiger partial charge in [0.2, 0.25) is 16.2 Å². The molecule has 0 aromatic carbocycles. The van der Waals surface area contributed by atoms with Crippen molar-refractivity contribution in [1.29, 1.82) is 0 Å². The van der Waals surface area contributed by atoms with E-state index in [9.17, 15) is 4.79 Å². The Bertz CT molecular complexity index is 780. The van der Waals surface area contributed by atoms with Crippen LogP contribution in [0.1, 0.15) is 17.1 Å². The zero-order chi connectivity index (χ0) is 15.0. The van der Waals surface area contributed by atoms with Crippen molar-refractivity contribution in [3.8, 4) is 10.3 Å². The van der Waals surface area contributed by atoms with E-state index in [0.717, 1.165) is 16.5 Å². The highest BCUT2D eigenvalue weighted by atomic mass is 32.1. The highest BCUT2D eigenvalue weighted by Crippen LogP contribution is 2.23. The van der Waals surface area contributed by atoms with Crippen molar-refractivity contribution in [2.75, 3.05) is 0 Å². The lowest BCUT2D eigenvalue weighted by molar-refractivity contribution is -0.117. The number of amides is 1. The summed E-state index contributed by atoms with van der Waals surface area (Å²) in [7, 11) is 0. The van der Waals surface area contributed by atoms with Gasteiger partial charge < -0.3 is 5.73 Å². The summed E-state index contributed by atoms with van der Waals surface area (Å²) in [6.07, 6.45) is 1.74.